The van der Waals surface area contributed by atoms with E-state index in [2.05, 4.69) is 38.2 Å². The number of amides is 1. The van der Waals surface area contributed by atoms with Gasteiger partial charge in [0.2, 0.25) is 5.91 Å². The molecule has 60 heavy (non-hydrogen) atoms. The number of carbonyl (C=O) groups is 2. The van der Waals surface area contributed by atoms with E-state index in [0.717, 1.165) is 57.8 Å². The van der Waals surface area contributed by atoms with E-state index in [-0.39, 0.29) is 24.9 Å². The normalized spacial score (nSPS) is 13.2. The third-order valence-corrected chi connectivity index (χ3v) is 12.6. The average Bonchev–Trinajstić information content (AvgIpc) is 3.24. The van der Waals surface area contributed by atoms with Gasteiger partial charge in [0.15, 0.2) is 0 Å². The van der Waals surface area contributed by atoms with E-state index in [1.807, 2.05) is 0 Å². The molecule has 0 fully saturated rings. The number of aliphatic hydroxyl groups excluding tert-OH is 2. The third kappa shape index (κ3) is 43.3. The molecular weight excluding hydrogens is 743 g/mol. The van der Waals surface area contributed by atoms with E-state index >= 15 is 0 Å². The van der Waals surface area contributed by atoms with Crippen molar-refractivity contribution in [1.29, 1.82) is 0 Å². The van der Waals surface area contributed by atoms with Gasteiger partial charge in [-0.25, -0.2) is 0 Å². The Kier molecular flexibility index (Phi) is 47.5. The van der Waals surface area contributed by atoms with Crippen molar-refractivity contribution in [2.45, 2.75) is 315 Å². The van der Waals surface area contributed by atoms with E-state index in [1.165, 1.54) is 193 Å². The van der Waals surface area contributed by atoms with Crippen LogP contribution in [0.2, 0.25) is 0 Å². The fourth-order valence-corrected chi connectivity index (χ4v) is 8.49. The molecule has 0 rings (SSSR count). The van der Waals surface area contributed by atoms with E-state index in [1.54, 1.807) is 0 Å². The van der Waals surface area contributed by atoms with Crippen molar-refractivity contribution in [3.8, 4) is 0 Å². The first kappa shape index (κ1) is 58.6. The molecule has 0 aromatic carbocycles. The lowest BCUT2D eigenvalue weighted by atomic mass is 10.0. The number of ether oxygens (including phenoxy) is 1. The lowest BCUT2D eigenvalue weighted by Gasteiger charge is -2.24. The molecule has 6 heteroatoms. The number of hydrogen-bond donors (Lipinski definition) is 3. The SMILES string of the molecule is CCCCCCCCC/C=C/CCCCCC(CC(=O)NC(CO)C(O)CCCCCCCCCCCCCC)OC(=O)CCCCCCCCCCCCCCCCC. The molecule has 356 valence electrons. The summed E-state index contributed by atoms with van der Waals surface area (Å²) in [5, 5.41) is 23.8. The molecule has 3 unspecified atom stereocenters. The number of carbonyl (C=O) groups excluding carboxylic acids is 2. The molecule has 0 heterocycles. The Morgan fingerprint density at radius 2 is 0.800 bits per heavy atom. The fourth-order valence-electron chi connectivity index (χ4n) is 8.49. The zero-order valence-corrected chi connectivity index (χ0v) is 40.6. The van der Waals surface area contributed by atoms with Crippen molar-refractivity contribution >= 4 is 11.9 Å². The van der Waals surface area contributed by atoms with Crippen molar-refractivity contribution in [3.05, 3.63) is 12.2 Å². The summed E-state index contributed by atoms with van der Waals surface area (Å²) in [5.74, 6) is -0.470. The van der Waals surface area contributed by atoms with Crippen molar-refractivity contribution in [3.63, 3.8) is 0 Å². The molecular formula is C54H105NO5. The second kappa shape index (κ2) is 48.6. The molecule has 0 aliphatic carbocycles. The molecule has 0 aliphatic heterocycles. The maximum atomic E-state index is 13.2. The van der Waals surface area contributed by atoms with Crippen molar-refractivity contribution in [1.82, 2.24) is 5.32 Å². The van der Waals surface area contributed by atoms with E-state index in [9.17, 15) is 19.8 Å². The van der Waals surface area contributed by atoms with Crippen LogP contribution in [0.4, 0.5) is 0 Å². The number of rotatable bonds is 49. The fraction of sp³-hybridized carbons (Fsp3) is 0.926. The summed E-state index contributed by atoms with van der Waals surface area (Å²) in [6, 6.07) is -0.699. The van der Waals surface area contributed by atoms with Gasteiger partial charge >= 0.3 is 5.97 Å². The van der Waals surface area contributed by atoms with Gasteiger partial charge in [0.25, 0.3) is 0 Å². The van der Waals surface area contributed by atoms with Gasteiger partial charge in [-0.3, -0.25) is 9.59 Å². The molecule has 0 aromatic rings. The molecule has 0 bridgehead atoms. The molecule has 3 atom stereocenters. The molecule has 1 amide bonds. The lowest BCUT2D eigenvalue weighted by molar-refractivity contribution is -0.151. The molecule has 0 aliphatic rings. The van der Waals surface area contributed by atoms with Crippen LogP contribution in [0.5, 0.6) is 0 Å². The van der Waals surface area contributed by atoms with Crippen LogP contribution in [-0.2, 0) is 14.3 Å². The molecule has 6 nitrogen and oxygen atoms in total. The lowest BCUT2D eigenvalue weighted by Crippen LogP contribution is -2.46. The summed E-state index contributed by atoms with van der Waals surface area (Å²) in [4.78, 5) is 26.2. The van der Waals surface area contributed by atoms with Gasteiger partial charge in [0.1, 0.15) is 6.10 Å². The Bertz CT molecular complexity index is 909. The Hall–Kier alpha value is -1.40. The quantitative estimate of drug-likeness (QED) is 0.0322. The van der Waals surface area contributed by atoms with E-state index < -0.39 is 18.2 Å². The summed E-state index contributed by atoms with van der Waals surface area (Å²) in [6.45, 7) is 6.50. The number of unbranched alkanes of at least 4 members (excludes halogenated alkanes) is 35. The smallest absolute Gasteiger partial charge is 0.306 e. The Morgan fingerprint density at radius 3 is 1.20 bits per heavy atom. The number of hydrogen-bond acceptors (Lipinski definition) is 5. The average molecular weight is 848 g/mol. The number of aliphatic hydroxyl groups is 2. The molecule has 0 aromatic heterocycles. The minimum Gasteiger partial charge on any atom is -0.462 e. The van der Waals surface area contributed by atoms with Gasteiger partial charge in [-0.2, -0.15) is 0 Å². The highest BCUT2D eigenvalue weighted by Gasteiger charge is 2.24. The first-order valence-electron chi connectivity index (χ1n) is 26.9. The Morgan fingerprint density at radius 1 is 0.467 bits per heavy atom. The minimum absolute atomic E-state index is 0.0742. The van der Waals surface area contributed by atoms with E-state index in [4.69, 9.17) is 4.74 Å². The molecule has 3 N–H and O–H groups in total. The van der Waals surface area contributed by atoms with Crippen LogP contribution in [0, 0.1) is 0 Å². The van der Waals surface area contributed by atoms with Gasteiger partial charge in [-0.15, -0.1) is 0 Å². The van der Waals surface area contributed by atoms with Crippen LogP contribution < -0.4 is 5.32 Å². The summed E-state index contributed by atoms with van der Waals surface area (Å²) < 4.78 is 5.94. The first-order chi connectivity index (χ1) is 29.5. The summed E-state index contributed by atoms with van der Waals surface area (Å²) in [7, 11) is 0. The van der Waals surface area contributed by atoms with Crippen LogP contribution in [0.25, 0.3) is 0 Å². The monoisotopic (exact) mass is 848 g/mol. The van der Waals surface area contributed by atoms with Gasteiger partial charge in [0, 0.05) is 6.42 Å². The van der Waals surface area contributed by atoms with Crippen molar-refractivity contribution in [2.75, 3.05) is 6.61 Å². The van der Waals surface area contributed by atoms with Gasteiger partial charge < -0.3 is 20.3 Å². The highest BCUT2D eigenvalue weighted by atomic mass is 16.5. The Balaban J connectivity index is 4.55. The third-order valence-electron chi connectivity index (χ3n) is 12.6. The largest absolute Gasteiger partial charge is 0.462 e. The predicted molar refractivity (Wildman–Crippen MR) is 260 cm³/mol. The molecule has 0 saturated carbocycles. The zero-order chi connectivity index (χ0) is 43.8. The van der Waals surface area contributed by atoms with Crippen LogP contribution in [0.1, 0.15) is 297 Å². The van der Waals surface area contributed by atoms with Crippen molar-refractivity contribution in [2.24, 2.45) is 0 Å². The Labute approximate surface area is 374 Å². The zero-order valence-electron chi connectivity index (χ0n) is 40.6. The highest BCUT2D eigenvalue weighted by molar-refractivity contribution is 5.77. The number of esters is 1. The molecule has 0 radical (unpaired) electrons. The van der Waals surface area contributed by atoms with Crippen LogP contribution in [0.3, 0.4) is 0 Å². The molecule has 0 saturated heterocycles. The minimum atomic E-state index is -0.785. The highest BCUT2D eigenvalue weighted by Crippen LogP contribution is 2.18. The standard InChI is InChI=1S/C54H105NO5/c1-4-7-10-13-16-19-22-25-27-29-32-35-38-41-44-47-54(59)60-50(45-42-39-36-33-30-28-26-23-20-17-14-11-8-5-2)48-53(58)55-51(49-56)52(57)46-43-40-37-34-31-24-21-18-15-12-9-6-3/h28,30,50-52,56-57H,4-27,29,31-49H2,1-3H3,(H,55,58)/b30-28+. The maximum absolute atomic E-state index is 13.2. The molecule has 0 spiro atoms. The maximum Gasteiger partial charge on any atom is 0.306 e. The number of allylic oxidation sites excluding steroid dienone is 2. The van der Waals surface area contributed by atoms with Gasteiger partial charge in [0.05, 0.1) is 25.2 Å². The first-order valence-corrected chi connectivity index (χ1v) is 26.9. The summed E-state index contributed by atoms with van der Waals surface area (Å²) in [5.41, 5.74) is 0. The second-order valence-corrected chi connectivity index (χ2v) is 18.6. The summed E-state index contributed by atoms with van der Waals surface area (Å²) in [6.07, 6.45) is 54.1. The second-order valence-electron chi connectivity index (χ2n) is 18.6. The van der Waals surface area contributed by atoms with Crippen molar-refractivity contribution < 1.29 is 24.5 Å². The van der Waals surface area contributed by atoms with Crippen LogP contribution in [-0.4, -0.2) is 46.9 Å². The van der Waals surface area contributed by atoms with Crippen LogP contribution in [0.15, 0.2) is 12.2 Å². The number of nitrogens with one attached hydrogen (secondary N) is 1. The van der Waals surface area contributed by atoms with Gasteiger partial charge in [-0.05, 0) is 51.4 Å². The van der Waals surface area contributed by atoms with E-state index in [0.29, 0.717) is 19.3 Å². The van der Waals surface area contributed by atoms with Crippen LogP contribution >= 0.6 is 0 Å². The summed E-state index contributed by atoms with van der Waals surface area (Å²) >= 11 is 0. The topological polar surface area (TPSA) is 95.9 Å². The van der Waals surface area contributed by atoms with Gasteiger partial charge in [-0.1, -0.05) is 245 Å². The predicted octanol–water partition coefficient (Wildman–Crippen LogP) is 16.1.